The van der Waals surface area contributed by atoms with Gasteiger partial charge in [0.15, 0.2) is 5.78 Å². The predicted molar refractivity (Wildman–Crippen MR) is 81.9 cm³/mol. The molecule has 0 bridgehead atoms. The van der Waals surface area contributed by atoms with E-state index in [1.54, 1.807) is 6.26 Å². The summed E-state index contributed by atoms with van der Waals surface area (Å²) in [5.41, 5.74) is 3.63. The van der Waals surface area contributed by atoms with Crippen molar-refractivity contribution in [3.05, 3.63) is 47.3 Å². The highest BCUT2D eigenvalue weighted by molar-refractivity contribution is 6.30. The molecule has 4 nitrogen and oxygen atoms in total. The van der Waals surface area contributed by atoms with Gasteiger partial charge in [-0.05, 0) is 23.8 Å². The van der Waals surface area contributed by atoms with Gasteiger partial charge in [0, 0.05) is 23.6 Å². The number of halogens is 1. The zero-order valence-electron chi connectivity index (χ0n) is 11.0. The van der Waals surface area contributed by atoms with Gasteiger partial charge in [-0.1, -0.05) is 23.7 Å². The first-order valence-electron chi connectivity index (χ1n) is 6.68. The van der Waals surface area contributed by atoms with Crippen LogP contribution in [0, 0.1) is 0 Å². The molecule has 0 fully saturated rings. The molecule has 104 valence electrons. The molecule has 2 aromatic heterocycles. The maximum atomic E-state index is 12.1. The number of nitrogens with zero attached hydrogens (tertiary/aromatic N) is 1. The van der Waals surface area contributed by atoms with Crippen molar-refractivity contribution in [2.45, 2.75) is 6.42 Å². The maximum Gasteiger partial charge on any atom is 0.227 e. The Balaban J connectivity index is 2.08. The van der Waals surface area contributed by atoms with E-state index in [4.69, 9.17) is 16.0 Å². The predicted octanol–water partition coefficient (Wildman–Crippen LogP) is 4.15. The third kappa shape index (κ3) is 1.91. The van der Waals surface area contributed by atoms with Gasteiger partial charge in [-0.2, -0.15) is 0 Å². The third-order valence-corrected chi connectivity index (χ3v) is 3.92. The summed E-state index contributed by atoms with van der Waals surface area (Å²) in [5.74, 6) is 0.0391. The van der Waals surface area contributed by atoms with E-state index in [0.29, 0.717) is 29.4 Å². The molecule has 4 rings (SSSR count). The van der Waals surface area contributed by atoms with Crippen LogP contribution < -0.4 is 5.32 Å². The molecule has 0 unspecified atom stereocenters. The van der Waals surface area contributed by atoms with E-state index in [9.17, 15) is 4.79 Å². The number of carbonyl (C=O) groups excluding carboxylic acids is 1. The fourth-order valence-electron chi connectivity index (χ4n) is 2.70. The summed E-state index contributed by atoms with van der Waals surface area (Å²) in [5, 5.41) is 4.86. The van der Waals surface area contributed by atoms with E-state index in [1.165, 1.54) is 0 Å². The zero-order chi connectivity index (χ0) is 14.4. The van der Waals surface area contributed by atoms with Gasteiger partial charge in [-0.3, -0.25) is 4.79 Å². The average Bonchev–Trinajstić information content (AvgIpc) is 2.95. The number of ketones is 1. The molecule has 3 aromatic rings. The summed E-state index contributed by atoms with van der Waals surface area (Å²) in [6.07, 6.45) is 2.04. The van der Waals surface area contributed by atoms with Crippen LogP contribution in [-0.4, -0.2) is 17.3 Å². The Hall–Kier alpha value is -2.33. The fourth-order valence-corrected chi connectivity index (χ4v) is 2.82. The number of furan rings is 1. The summed E-state index contributed by atoms with van der Waals surface area (Å²) >= 11 is 5.96. The minimum absolute atomic E-state index is 0.0391. The van der Waals surface area contributed by atoms with Crippen molar-refractivity contribution in [2.75, 3.05) is 11.9 Å². The summed E-state index contributed by atoms with van der Waals surface area (Å²) in [7, 11) is 0. The van der Waals surface area contributed by atoms with Crippen molar-refractivity contribution in [2.24, 2.45) is 0 Å². The Morgan fingerprint density at radius 3 is 2.81 bits per heavy atom. The van der Waals surface area contributed by atoms with Crippen molar-refractivity contribution in [1.82, 2.24) is 4.98 Å². The molecule has 1 aliphatic rings. The van der Waals surface area contributed by atoms with Crippen molar-refractivity contribution < 1.29 is 9.21 Å². The topological polar surface area (TPSA) is 55.1 Å². The molecule has 0 atom stereocenters. The first kappa shape index (κ1) is 12.4. The lowest BCUT2D eigenvalue weighted by Crippen LogP contribution is -2.20. The molecule has 5 heteroatoms. The van der Waals surface area contributed by atoms with Gasteiger partial charge in [0.2, 0.25) is 5.71 Å². The van der Waals surface area contributed by atoms with Crippen LogP contribution in [-0.2, 0) is 0 Å². The van der Waals surface area contributed by atoms with Gasteiger partial charge >= 0.3 is 0 Å². The van der Waals surface area contributed by atoms with E-state index in [2.05, 4.69) is 10.3 Å². The summed E-state index contributed by atoms with van der Waals surface area (Å²) < 4.78 is 5.40. The molecule has 1 N–H and O–H groups in total. The standard InChI is InChI=1S/C16H11ClN2O2/c17-10-3-1-9(2-4-10)13-11-6-8-21-16(11)19-14-12(20)5-7-18-15(13)14/h1-4,6,8,18H,5,7H2. The number of carbonyl (C=O) groups is 1. The lowest BCUT2D eigenvalue weighted by molar-refractivity contribution is 0.0979. The molecule has 0 radical (unpaired) electrons. The van der Waals surface area contributed by atoms with Gasteiger partial charge in [-0.15, -0.1) is 0 Å². The number of aromatic nitrogens is 1. The zero-order valence-corrected chi connectivity index (χ0v) is 11.8. The molecule has 0 amide bonds. The molecule has 0 saturated carbocycles. The van der Waals surface area contributed by atoms with Gasteiger partial charge < -0.3 is 9.73 Å². The lowest BCUT2D eigenvalue weighted by Gasteiger charge is -2.20. The number of rotatable bonds is 1. The average molecular weight is 299 g/mol. The van der Waals surface area contributed by atoms with Crippen LogP contribution in [0.3, 0.4) is 0 Å². The van der Waals surface area contributed by atoms with Gasteiger partial charge in [0.05, 0.1) is 17.3 Å². The molecule has 1 aliphatic heterocycles. The minimum atomic E-state index is 0.0391. The monoisotopic (exact) mass is 298 g/mol. The smallest absolute Gasteiger partial charge is 0.227 e. The fraction of sp³-hybridized carbons (Fsp3) is 0.125. The van der Waals surface area contributed by atoms with Crippen LogP contribution in [0.15, 0.2) is 41.0 Å². The van der Waals surface area contributed by atoms with Crippen molar-refractivity contribution in [3.63, 3.8) is 0 Å². The normalized spacial score (nSPS) is 14.0. The minimum Gasteiger partial charge on any atom is -0.446 e. The largest absolute Gasteiger partial charge is 0.446 e. The molecular formula is C16H11ClN2O2. The lowest BCUT2D eigenvalue weighted by atomic mass is 9.96. The number of nitrogens with one attached hydrogen (secondary N) is 1. The second kappa shape index (κ2) is 4.60. The number of anilines is 1. The van der Waals surface area contributed by atoms with Gasteiger partial charge in [0.1, 0.15) is 5.69 Å². The molecule has 0 saturated heterocycles. The molecule has 3 heterocycles. The Morgan fingerprint density at radius 2 is 2.00 bits per heavy atom. The summed E-state index contributed by atoms with van der Waals surface area (Å²) in [6, 6.07) is 9.41. The highest BCUT2D eigenvalue weighted by Crippen LogP contribution is 2.39. The highest BCUT2D eigenvalue weighted by atomic mass is 35.5. The molecule has 0 aliphatic carbocycles. The van der Waals surface area contributed by atoms with Crippen LogP contribution in [0.25, 0.3) is 22.2 Å². The summed E-state index contributed by atoms with van der Waals surface area (Å²) in [6.45, 7) is 0.622. The first-order valence-corrected chi connectivity index (χ1v) is 7.06. The molecule has 0 spiro atoms. The number of fused-ring (bicyclic) bond motifs is 2. The van der Waals surface area contributed by atoms with Crippen molar-refractivity contribution in [3.8, 4) is 11.1 Å². The second-order valence-corrected chi connectivity index (χ2v) is 5.39. The third-order valence-electron chi connectivity index (χ3n) is 3.67. The Bertz CT molecular complexity index is 853. The van der Waals surface area contributed by atoms with E-state index >= 15 is 0 Å². The highest BCUT2D eigenvalue weighted by Gasteiger charge is 2.25. The van der Waals surface area contributed by atoms with E-state index in [1.807, 2.05) is 30.3 Å². The number of pyridine rings is 1. The Morgan fingerprint density at radius 1 is 1.19 bits per heavy atom. The van der Waals surface area contributed by atoms with Crippen molar-refractivity contribution in [1.29, 1.82) is 0 Å². The van der Waals surface area contributed by atoms with E-state index in [0.717, 1.165) is 22.2 Å². The quantitative estimate of drug-likeness (QED) is 0.733. The van der Waals surface area contributed by atoms with E-state index < -0.39 is 0 Å². The number of benzene rings is 1. The summed E-state index contributed by atoms with van der Waals surface area (Å²) in [4.78, 5) is 16.5. The number of hydrogen-bond donors (Lipinski definition) is 1. The van der Waals surface area contributed by atoms with Gasteiger partial charge in [0.25, 0.3) is 0 Å². The van der Waals surface area contributed by atoms with Crippen LogP contribution in [0.1, 0.15) is 16.9 Å². The van der Waals surface area contributed by atoms with Gasteiger partial charge in [-0.25, -0.2) is 4.98 Å². The Labute approximate surface area is 125 Å². The maximum absolute atomic E-state index is 12.1. The van der Waals surface area contributed by atoms with Crippen LogP contribution in [0.2, 0.25) is 5.02 Å². The van der Waals surface area contributed by atoms with Crippen LogP contribution in [0.4, 0.5) is 5.69 Å². The Kier molecular flexibility index (Phi) is 2.72. The SMILES string of the molecule is O=C1CCNc2c1nc1occc1c2-c1ccc(Cl)cc1. The first-order chi connectivity index (χ1) is 10.2. The molecule has 21 heavy (non-hydrogen) atoms. The van der Waals surface area contributed by atoms with Crippen LogP contribution in [0.5, 0.6) is 0 Å². The van der Waals surface area contributed by atoms with Crippen LogP contribution >= 0.6 is 11.6 Å². The number of hydrogen-bond acceptors (Lipinski definition) is 4. The number of Topliss-reactive ketones (excluding diaryl/α,β-unsaturated/α-hetero) is 1. The van der Waals surface area contributed by atoms with Crippen molar-refractivity contribution >= 4 is 34.2 Å². The second-order valence-electron chi connectivity index (χ2n) is 4.96. The van der Waals surface area contributed by atoms with E-state index in [-0.39, 0.29) is 5.78 Å². The molecule has 1 aromatic carbocycles. The molecular weight excluding hydrogens is 288 g/mol.